The molecule has 0 radical (unpaired) electrons. The highest BCUT2D eigenvalue weighted by atomic mass is 32.2. The van der Waals surface area contributed by atoms with Crippen LogP contribution in [0.5, 0.6) is 0 Å². The average molecular weight is 438 g/mol. The molecule has 0 saturated heterocycles. The lowest BCUT2D eigenvalue weighted by Crippen LogP contribution is -2.17. The maximum atomic E-state index is 12.9. The first-order valence-electron chi connectivity index (χ1n) is 10.1. The van der Waals surface area contributed by atoms with Crippen LogP contribution in [0.4, 0.5) is 0 Å². The minimum Gasteiger partial charge on any atom is -0.303 e. The van der Waals surface area contributed by atoms with Crippen LogP contribution in [0.3, 0.4) is 0 Å². The number of thioether (sulfide) groups is 1. The fourth-order valence-corrected chi connectivity index (χ4v) is 5.70. The Morgan fingerprint density at radius 1 is 1.27 bits per heavy atom. The Hall–Kier alpha value is -2.50. The molecule has 6 nitrogen and oxygen atoms in total. The van der Waals surface area contributed by atoms with E-state index < -0.39 is 5.92 Å². The minimum absolute atomic E-state index is 0.146. The Morgan fingerprint density at radius 3 is 2.77 bits per heavy atom. The van der Waals surface area contributed by atoms with Gasteiger partial charge in [0.05, 0.1) is 17.5 Å². The molecule has 1 aromatic carbocycles. The SMILES string of the molecule is Cc1nnc(SCC(=O)C(C#N)c2nc(-c3ccccc3)cs2)n1C1CCCCC1. The van der Waals surface area contributed by atoms with Crippen LogP contribution in [0.1, 0.15) is 54.9 Å². The lowest BCUT2D eigenvalue weighted by atomic mass is 9.95. The molecule has 4 rings (SSSR count). The summed E-state index contributed by atoms with van der Waals surface area (Å²) in [5.41, 5.74) is 1.78. The number of nitriles is 1. The zero-order valence-corrected chi connectivity index (χ0v) is 18.5. The molecule has 1 aliphatic carbocycles. The van der Waals surface area contributed by atoms with Crippen molar-refractivity contribution in [3.63, 3.8) is 0 Å². The molecule has 0 amide bonds. The number of hydrogen-bond acceptors (Lipinski definition) is 7. The Bertz CT molecular complexity index is 1050. The van der Waals surface area contributed by atoms with Gasteiger partial charge in [-0.2, -0.15) is 5.26 Å². The molecular weight excluding hydrogens is 414 g/mol. The van der Waals surface area contributed by atoms with Crippen LogP contribution < -0.4 is 0 Å². The van der Waals surface area contributed by atoms with Gasteiger partial charge in [0, 0.05) is 17.0 Å². The van der Waals surface area contributed by atoms with Crippen molar-refractivity contribution < 1.29 is 4.79 Å². The molecule has 0 N–H and O–H groups in total. The van der Waals surface area contributed by atoms with Crippen LogP contribution in [0.25, 0.3) is 11.3 Å². The van der Waals surface area contributed by atoms with Gasteiger partial charge in [0.25, 0.3) is 0 Å². The summed E-state index contributed by atoms with van der Waals surface area (Å²) >= 11 is 2.74. The number of hydrogen-bond donors (Lipinski definition) is 0. The molecule has 0 aliphatic heterocycles. The highest BCUT2D eigenvalue weighted by Gasteiger charge is 2.26. The number of thiazole rings is 1. The second kappa shape index (κ2) is 9.54. The molecular formula is C22H23N5OS2. The number of carbonyl (C=O) groups excluding carboxylic acids is 1. The number of aromatic nitrogens is 4. The molecule has 2 heterocycles. The van der Waals surface area contributed by atoms with Crippen molar-refractivity contribution in [2.75, 3.05) is 5.75 Å². The highest BCUT2D eigenvalue weighted by Crippen LogP contribution is 2.33. The van der Waals surface area contributed by atoms with Crippen molar-refractivity contribution in [1.29, 1.82) is 5.26 Å². The number of benzene rings is 1. The first-order valence-corrected chi connectivity index (χ1v) is 12.0. The van der Waals surface area contributed by atoms with Gasteiger partial charge in [-0.05, 0) is 19.8 Å². The molecule has 8 heteroatoms. The molecule has 2 aromatic heterocycles. The summed E-state index contributed by atoms with van der Waals surface area (Å²) in [5.74, 6) is 0.0732. The lowest BCUT2D eigenvalue weighted by Gasteiger charge is -2.24. The molecule has 3 aromatic rings. The van der Waals surface area contributed by atoms with E-state index in [1.807, 2.05) is 42.6 Å². The van der Waals surface area contributed by atoms with Gasteiger partial charge in [-0.3, -0.25) is 4.79 Å². The Labute approximate surface area is 184 Å². The number of aryl methyl sites for hydroxylation is 1. The maximum absolute atomic E-state index is 12.9. The van der Waals surface area contributed by atoms with Gasteiger partial charge in [-0.25, -0.2) is 4.98 Å². The molecule has 1 atom stereocenters. The van der Waals surface area contributed by atoms with Gasteiger partial charge in [0.1, 0.15) is 10.8 Å². The highest BCUT2D eigenvalue weighted by molar-refractivity contribution is 7.99. The summed E-state index contributed by atoms with van der Waals surface area (Å²) in [7, 11) is 0. The van der Waals surface area contributed by atoms with Crippen molar-refractivity contribution in [2.24, 2.45) is 0 Å². The van der Waals surface area contributed by atoms with Gasteiger partial charge in [-0.1, -0.05) is 61.4 Å². The smallest absolute Gasteiger partial charge is 0.191 e. The number of carbonyl (C=O) groups is 1. The third-order valence-corrected chi connectivity index (χ3v) is 7.28. The quantitative estimate of drug-likeness (QED) is 0.473. The summed E-state index contributed by atoms with van der Waals surface area (Å²) in [5, 5.41) is 21.4. The molecule has 0 bridgehead atoms. The van der Waals surface area contributed by atoms with Crippen LogP contribution >= 0.6 is 23.1 Å². The van der Waals surface area contributed by atoms with E-state index in [2.05, 4.69) is 25.8 Å². The van der Waals surface area contributed by atoms with Gasteiger partial charge >= 0.3 is 0 Å². The average Bonchev–Trinajstić information content (AvgIpc) is 3.41. The largest absolute Gasteiger partial charge is 0.303 e. The molecule has 154 valence electrons. The van der Waals surface area contributed by atoms with E-state index in [1.54, 1.807) is 0 Å². The fourth-order valence-electron chi connectivity index (χ4n) is 3.85. The maximum Gasteiger partial charge on any atom is 0.191 e. The monoisotopic (exact) mass is 437 g/mol. The summed E-state index contributed by atoms with van der Waals surface area (Å²) < 4.78 is 2.18. The van der Waals surface area contributed by atoms with Crippen LogP contribution in [-0.4, -0.2) is 31.3 Å². The van der Waals surface area contributed by atoms with E-state index in [9.17, 15) is 10.1 Å². The number of nitrogens with zero attached hydrogens (tertiary/aromatic N) is 5. The Balaban J connectivity index is 1.45. The third-order valence-electron chi connectivity index (χ3n) is 5.41. The molecule has 1 fully saturated rings. The topological polar surface area (TPSA) is 84.5 Å². The van der Waals surface area contributed by atoms with Crippen molar-refractivity contribution >= 4 is 28.9 Å². The molecule has 0 spiro atoms. The summed E-state index contributed by atoms with van der Waals surface area (Å²) in [6.07, 6.45) is 5.97. The van der Waals surface area contributed by atoms with E-state index >= 15 is 0 Å². The standard InChI is InChI=1S/C22H23N5OS2/c1-15-25-26-22(27(15)17-10-6-3-7-11-17)30-14-20(28)18(12-23)21-24-19(13-29-21)16-8-4-2-5-9-16/h2,4-5,8-9,13,17-18H,3,6-7,10-11,14H2,1H3. The van der Waals surface area contributed by atoms with Gasteiger partial charge in [0.2, 0.25) is 0 Å². The Kier molecular flexibility index (Phi) is 6.60. The normalized spacial score (nSPS) is 15.6. The molecule has 1 unspecified atom stereocenters. The predicted molar refractivity (Wildman–Crippen MR) is 119 cm³/mol. The lowest BCUT2D eigenvalue weighted by molar-refractivity contribution is -0.116. The van der Waals surface area contributed by atoms with Crippen LogP contribution in [0, 0.1) is 18.3 Å². The number of Topliss-reactive ketones (excluding diaryl/α,β-unsaturated/α-hetero) is 1. The van der Waals surface area contributed by atoms with E-state index in [-0.39, 0.29) is 11.5 Å². The molecule has 1 aliphatic rings. The summed E-state index contributed by atoms with van der Waals surface area (Å²) in [6, 6.07) is 12.3. The van der Waals surface area contributed by atoms with Crippen LogP contribution in [0.2, 0.25) is 0 Å². The zero-order valence-electron chi connectivity index (χ0n) is 16.8. The van der Waals surface area contributed by atoms with Crippen molar-refractivity contribution in [3.8, 4) is 17.3 Å². The van der Waals surface area contributed by atoms with Crippen LogP contribution in [-0.2, 0) is 4.79 Å². The van der Waals surface area contributed by atoms with E-state index in [1.165, 1.54) is 42.4 Å². The van der Waals surface area contributed by atoms with Gasteiger partial charge in [-0.15, -0.1) is 21.5 Å². The number of rotatable bonds is 7. The second-order valence-electron chi connectivity index (χ2n) is 7.45. The number of ketones is 1. The van der Waals surface area contributed by atoms with Crippen molar-refractivity contribution in [2.45, 2.75) is 56.1 Å². The summed E-state index contributed by atoms with van der Waals surface area (Å²) in [4.78, 5) is 17.4. The Morgan fingerprint density at radius 2 is 2.03 bits per heavy atom. The van der Waals surface area contributed by atoms with Crippen LogP contribution in [0.15, 0.2) is 40.9 Å². The molecule has 1 saturated carbocycles. The van der Waals surface area contributed by atoms with Gasteiger partial charge < -0.3 is 4.57 Å². The first kappa shape index (κ1) is 20.8. The van der Waals surface area contributed by atoms with E-state index in [0.29, 0.717) is 11.0 Å². The first-order chi connectivity index (χ1) is 14.7. The zero-order chi connectivity index (χ0) is 20.9. The van der Waals surface area contributed by atoms with Gasteiger partial charge in [0.15, 0.2) is 16.9 Å². The van der Waals surface area contributed by atoms with E-state index in [4.69, 9.17) is 0 Å². The predicted octanol–water partition coefficient (Wildman–Crippen LogP) is 5.18. The second-order valence-corrected chi connectivity index (χ2v) is 9.28. The third kappa shape index (κ3) is 4.47. The minimum atomic E-state index is -0.855. The summed E-state index contributed by atoms with van der Waals surface area (Å²) in [6.45, 7) is 1.96. The van der Waals surface area contributed by atoms with Crippen molar-refractivity contribution in [3.05, 3.63) is 46.5 Å². The van der Waals surface area contributed by atoms with Crippen molar-refractivity contribution in [1.82, 2.24) is 19.7 Å². The fraction of sp³-hybridized carbons (Fsp3) is 0.409. The van der Waals surface area contributed by atoms with E-state index in [0.717, 1.165) is 35.1 Å². The molecule has 30 heavy (non-hydrogen) atoms.